The normalized spacial score (nSPS) is 19.4. The van der Waals surface area contributed by atoms with Crippen molar-refractivity contribution in [2.24, 2.45) is 0 Å². The van der Waals surface area contributed by atoms with E-state index in [4.69, 9.17) is 4.98 Å². The summed E-state index contributed by atoms with van der Waals surface area (Å²) in [5, 5.41) is 9.84. The molecule has 1 aliphatic carbocycles. The molecule has 1 amide bonds. The van der Waals surface area contributed by atoms with E-state index in [9.17, 15) is 4.79 Å². The summed E-state index contributed by atoms with van der Waals surface area (Å²) in [6, 6.07) is 8.40. The lowest BCUT2D eigenvalue weighted by Crippen LogP contribution is -2.26. The fraction of sp³-hybridized carbons (Fsp3) is 0.360. The predicted octanol–water partition coefficient (Wildman–Crippen LogP) is 5.40. The van der Waals surface area contributed by atoms with Gasteiger partial charge in [0.1, 0.15) is 0 Å². The number of benzene rings is 1. The number of nitrogens with zero attached hydrogens (tertiary/aromatic N) is 1. The van der Waals surface area contributed by atoms with Crippen molar-refractivity contribution in [3.8, 4) is 11.3 Å². The summed E-state index contributed by atoms with van der Waals surface area (Å²) in [7, 11) is 0. The van der Waals surface area contributed by atoms with E-state index in [1.165, 1.54) is 29.1 Å². The van der Waals surface area contributed by atoms with Crippen LogP contribution in [-0.2, 0) is 17.6 Å². The molecule has 1 saturated heterocycles. The lowest BCUT2D eigenvalue weighted by atomic mass is 9.98. The van der Waals surface area contributed by atoms with E-state index in [2.05, 4.69) is 39.2 Å². The number of piperidine rings is 1. The minimum absolute atomic E-state index is 0. The summed E-state index contributed by atoms with van der Waals surface area (Å²) in [4.78, 5) is 21.2. The van der Waals surface area contributed by atoms with Crippen LogP contribution in [0.5, 0.6) is 0 Å². The molecule has 0 unspecified atom stereocenters. The first-order chi connectivity index (χ1) is 15.2. The Morgan fingerprint density at radius 2 is 1.94 bits per heavy atom. The van der Waals surface area contributed by atoms with Crippen LogP contribution in [0.4, 0.5) is 5.69 Å². The van der Waals surface area contributed by atoms with Gasteiger partial charge in [-0.25, -0.2) is 4.98 Å². The van der Waals surface area contributed by atoms with Crippen molar-refractivity contribution in [2.45, 2.75) is 44.4 Å². The van der Waals surface area contributed by atoms with Crippen molar-refractivity contribution < 1.29 is 4.79 Å². The summed E-state index contributed by atoms with van der Waals surface area (Å²) >= 11 is 1.76. The highest BCUT2D eigenvalue weighted by Crippen LogP contribution is 2.38. The average Bonchev–Trinajstić information content (AvgIpc) is 3.52. The Morgan fingerprint density at radius 3 is 2.78 bits per heavy atom. The van der Waals surface area contributed by atoms with Gasteiger partial charge in [-0.15, -0.1) is 23.7 Å². The molecule has 1 aromatic carbocycles. The van der Waals surface area contributed by atoms with Gasteiger partial charge in [0.2, 0.25) is 0 Å². The number of nitrogens with one attached hydrogen (secondary N) is 3. The van der Waals surface area contributed by atoms with Gasteiger partial charge in [-0.05, 0) is 81.5 Å². The molecule has 1 fully saturated rings. The Labute approximate surface area is 198 Å². The van der Waals surface area contributed by atoms with Gasteiger partial charge in [-0.3, -0.25) is 4.79 Å². The number of amides is 1. The van der Waals surface area contributed by atoms with E-state index < -0.39 is 0 Å². The van der Waals surface area contributed by atoms with Gasteiger partial charge < -0.3 is 15.6 Å². The molecule has 0 saturated carbocycles. The molecule has 0 bridgehead atoms. The number of carbonyl (C=O) groups is 1. The quantitative estimate of drug-likeness (QED) is 0.453. The van der Waals surface area contributed by atoms with E-state index in [0.717, 1.165) is 72.5 Å². The SMILES string of the molecule is Cl.O=C1Nc2ccc(-c3csc(C4CCNCC4)n3)cc2/C1=C/c1cc2c([nH]1)CCCC2. The van der Waals surface area contributed by atoms with Crippen molar-refractivity contribution in [3.05, 3.63) is 57.2 Å². The van der Waals surface area contributed by atoms with E-state index in [-0.39, 0.29) is 18.3 Å². The zero-order valence-electron chi connectivity index (χ0n) is 17.9. The molecule has 5 nitrogen and oxygen atoms in total. The highest BCUT2D eigenvalue weighted by atomic mass is 35.5. The van der Waals surface area contributed by atoms with E-state index in [1.807, 2.05) is 12.1 Å². The third kappa shape index (κ3) is 3.91. The van der Waals surface area contributed by atoms with Crippen LogP contribution in [0.15, 0.2) is 29.6 Å². The van der Waals surface area contributed by atoms with Crippen LogP contribution in [0.25, 0.3) is 22.9 Å². The van der Waals surface area contributed by atoms with Crippen LogP contribution in [-0.4, -0.2) is 29.0 Å². The minimum atomic E-state index is -0.0339. The van der Waals surface area contributed by atoms with Crippen LogP contribution in [0.2, 0.25) is 0 Å². The molecular formula is C25H27ClN4OS. The second-order valence-electron chi connectivity index (χ2n) is 8.80. The second kappa shape index (κ2) is 8.85. The van der Waals surface area contributed by atoms with Gasteiger partial charge >= 0.3 is 0 Å². The van der Waals surface area contributed by atoms with Gasteiger partial charge in [0, 0.05) is 39.5 Å². The smallest absolute Gasteiger partial charge is 0.256 e. The largest absolute Gasteiger partial charge is 0.359 e. The molecule has 0 spiro atoms. The number of thiazole rings is 1. The van der Waals surface area contributed by atoms with Crippen molar-refractivity contribution in [2.75, 3.05) is 18.4 Å². The van der Waals surface area contributed by atoms with Crippen molar-refractivity contribution in [3.63, 3.8) is 0 Å². The van der Waals surface area contributed by atoms with Gasteiger partial charge in [-0.1, -0.05) is 6.07 Å². The van der Waals surface area contributed by atoms with Crippen LogP contribution in [0, 0.1) is 0 Å². The standard InChI is InChI=1S/C25H26N4OS.ClH/c30-24-20(13-18-11-16-3-1-2-4-21(16)27-18)19-12-17(5-6-22(19)28-24)23-14-31-25(29-23)15-7-9-26-10-8-15;/h5-6,11-15,26-27H,1-4,7-10H2,(H,28,30);1H/b20-13-;. The number of carbonyl (C=O) groups excluding carboxylic acids is 1. The first-order valence-corrected chi connectivity index (χ1v) is 12.2. The third-order valence-corrected chi connectivity index (χ3v) is 7.75. The Morgan fingerprint density at radius 1 is 1.09 bits per heavy atom. The predicted molar refractivity (Wildman–Crippen MR) is 134 cm³/mol. The maximum atomic E-state index is 12.7. The van der Waals surface area contributed by atoms with Crippen LogP contribution < -0.4 is 10.6 Å². The lowest BCUT2D eigenvalue weighted by Gasteiger charge is -2.20. The molecule has 3 aliphatic rings. The fourth-order valence-electron chi connectivity index (χ4n) is 5.03. The van der Waals surface area contributed by atoms with E-state index in [0.29, 0.717) is 5.92 Å². The number of fused-ring (bicyclic) bond motifs is 2. The fourth-order valence-corrected chi connectivity index (χ4v) is 6.03. The summed E-state index contributed by atoms with van der Waals surface area (Å²) < 4.78 is 0. The molecule has 6 rings (SSSR count). The molecule has 32 heavy (non-hydrogen) atoms. The Balaban J connectivity index is 0.00000216. The number of aryl methyl sites for hydroxylation is 2. The maximum Gasteiger partial charge on any atom is 0.256 e. The van der Waals surface area contributed by atoms with Gasteiger partial charge in [0.15, 0.2) is 0 Å². The number of halogens is 1. The van der Waals surface area contributed by atoms with Crippen molar-refractivity contribution >= 4 is 47.0 Å². The second-order valence-corrected chi connectivity index (χ2v) is 9.69. The number of rotatable bonds is 3. The number of hydrogen-bond donors (Lipinski definition) is 3. The summed E-state index contributed by atoms with van der Waals surface area (Å²) in [6.45, 7) is 2.14. The Bertz CT molecular complexity index is 1170. The van der Waals surface area contributed by atoms with Crippen LogP contribution >= 0.6 is 23.7 Å². The molecule has 0 atom stereocenters. The number of H-pyrrole nitrogens is 1. The summed E-state index contributed by atoms with van der Waals surface area (Å²) in [6.07, 6.45) is 9.04. The molecule has 3 aromatic rings. The maximum absolute atomic E-state index is 12.7. The molecule has 2 aromatic heterocycles. The number of aromatic nitrogens is 2. The Kier molecular flexibility index (Phi) is 5.93. The molecule has 166 valence electrons. The first kappa shape index (κ1) is 21.4. The lowest BCUT2D eigenvalue weighted by molar-refractivity contribution is -0.110. The molecular weight excluding hydrogens is 440 g/mol. The van der Waals surface area contributed by atoms with Crippen molar-refractivity contribution in [1.29, 1.82) is 0 Å². The number of aromatic amines is 1. The topological polar surface area (TPSA) is 69.8 Å². The van der Waals surface area contributed by atoms with E-state index >= 15 is 0 Å². The Hall–Kier alpha value is -2.41. The van der Waals surface area contributed by atoms with Crippen LogP contribution in [0.1, 0.15) is 59.1 Å². The van der Waals surface area contributed by atoms with Gasteiger partial charge in [0.25, 0.3) is 5.91 Å². The first-order valence-electron chi connectivity index (χ1n) is 11.3. The number of anilines is 1. The third-order valence-electron chi connectivity index (χ3n) is 6.74. The molecule has 3 N–H and O–H groups in total. The molecule has 4 heterocycles. The zero-order chi connectivity index (χ0) is 20.8. The van der Waals surface area contributed by atoms with Crippen molar-refractivity contribution in [1.82, 2.24) is 15.3 Å². The number of hydrogen-bond acceptors (Lipinski definition) is 4. The summed E-state index contributed by atoms with van der Waals surface area (Å²) in [5.74, 6) is 0.528. The van der Waals surface area contributed by atoms with Gasteiger partial charge in [-0.2, -0.15) is 0 Å². The average molecular weight is 467 g/mol. The monoisotopic (exact) mass is 466 g/mol. The highest BCUT2D eigenvalue weighted by molar-refractivity contribution is 7.10. The molecule has 7 heteroatoms. The molecule has 2 aliphatic heterocycles. The summed E-state index contributed by atoms with van der Waals surface area (Å²) in [5.41, 5.74) is 8.41. The van der Waals surface area contributed by atoms with Gasteiger partial charge in [0.05, 0.1) is 16.3 Å². The van der Waals surface area contributed by atoms with E-state index in [1.54, 1.807) is 11.3 Å². The zero-order valence-corrected chi connectivity index (χ0v) is 19.5. The highest BCUT2D eigenvalue weighted by Gasteiger charge is 2.26. The van der Waals surface area contributed by atoms with Crippen LogP contribution in [0.3, 0.4) is 0 Å². The minimum Gasteiger partial charge on any atom is -0.359 e. The molecule has 0 radical (unpaired) electrons.